The van der Waals surface area contributed by atoms with E-state index in [1.165, 1.54) is 36.4 Å². The second kappa shape index (κ2) is 34.7. The Morgan fingerprint density at radius 1 is 0.449 bits per heavy atom. The summed E-state index contributed by atoms with van der Waals surface area (Å²) < 4.78 is 135. The molecule has 0 spiro atoms. The molecule has 2 aliphatic rings. The molecular weight excluding hydrogens is 1380 g/mol. The quantitative estimate of drug-likeness (QED) is 0.00509. The summed E-state index contributed by atoms with van der Waals surface area (Å²) in [6, 6.07) is 10.1. The SMILES string of the molecule is Nc1ccc2cc(S(=O)(=O)O[N+](CCO)(CCO)CCO)c(N=[N+]=C3C=CC(=C[CH+]C4=C[CH+]C(=[N+]=Nc5c(S(=O)(=O)O[N+](CCO)(CCO)CCO)cc6ccc(N)cc6c5O)C=C4S(=O)(=O)O[N+](CCO)(CCO)CCO)C(S(=O)(=O)O[N+](CCO)(CCO)CCO)=C3)c(O)c2c1. The zero-order valence-electron chi connectivity index (χ0n) is 52.7. The summed E-state index contributed by atoms with van der Waals surface area (Å²) in [7, 11) is -21.0. The van der Waals surface area contributed by atoms with Gasteiger partial charge in [0.1, 0.15) is 105 Å². The van der Waals surface area contributed by atoms with Gasteiger partial charge in [-0.15, -0.1) is 0 Å². The minimum absolute atomic E-state index is 0.0668. The van der Waals surface area contributed by atoms with Crippen LogP contribution in [-0.2, 0) is 57.6 Å². The fraction of sp³-hybridized carbons (Fsp3) is 0.414. The average Bonchev–Trinajstić information content (AvgIpc) is 0.765. The Labute approximate surface area is 563 Å². The lowest BCUT2D eigenvalue weighted by Crippen LogP contribution is -2.54. The number of benzene rings is 4. The Bertz CT molecular complexity index is 4240. The predicted octanol–water partition coefficient (Wildman–Crippen LogP) is -3.71. The molecule has 0 aliphatic heterocycles. The number of rotatable bonds is 40. The molecule has 536 valence electrons. The van der Waals surface area contributed by atoms with Crippen LogP contribution in [-0.4, -0.2) is 303 Å². The average molecular weight is 1460 g/mol. The molecule has 0 aromatic heterocycles. The van der Waals surface area contributed by atoms with Crippen LogP contribution in [0.3, 0.4) is 0 Å². The number of allylic oxidation sites excluding steroid dienone is 8. The molecule has 0 saturated heterocycles. The monoisotopic (exact) mass is 1460 g/mol. The van der Waals surface area contributed by atoms with Crippen molar-refractivity contribution in [2.24, 2.45) is 10.2 Å². The highest BCUT2D eigenvalue weighted by molar-refractivity contribution is 7.91. The van der Waals surface area contributed by atoms with E-state index in [1.807, 2.05) is 0 Å². The highest BCUT2D eigenvalue weighted by atomic mass is 32.2. The van der Waals surface area contributed by atoms with Gasteiger partial charge >= 0.3 is 51.9 Å². The lowest BCUT2D eigenvalue weighted by atomic mass is 10.00. The number of phenols is 2. The summed E-state index contributed by atoms with van der Waals surface area (Å²) in [4.78, 5) is 4.77. The number of phenolic OH excluding ortho intramolecular Hbond substituents is 2. The molecule has 0 fully saturated rings. The van der Waals surface area contributed by atoms with Crippen molar-refractivity contribution in [2.45, 2.75) is 9.79 Å². The summed E-state index contributed by atoms with van der Waals surface area (Å²) in [6.45, 7) is -14.8. The van der Waals surface area contributed by atoms with E-state index in [0.29, 0.717) is 0 Å². The number of nitrogens with two attached hydrogens (primary N) is 2. The number of hydroxylamine groups is 12. The number of hydrogen-bond acceptors (Lipinski definition) is 30. The first-order chi connectivity index (χ1) is 46.5. The number of aromatic hydroxyl groups is 2. The number of nitrogen functional groups attached to an aromatic ring is 2. The molecule has 0 radical (unpaired) electrons. The van der Waals surface area contributed by atoms with Crippen molar-refractivity contribution in [3.63, 3.8) is 0 Å². The van der Waals surface area contributed by atoms with E-state index in [-0.39, 0.29) is 44.1 Å². The molecule has 2 aliphatic carbocycles. The number of anilines is 2. The zero-order valence-corrected chi connectivity index (χ0v) is 56.0. The van der Waals surface area contributed by atoms with Crippen molar-refractivity contribution >= 4 is 96.2 Å². The standard InChI is InChI=1S/C58H80N10O26S4/c59-45-7-3-43-35-53(97(87,88)93-67(17-29-75,18-30-76)19-31-77)55(57(81)49(43)37-45)63-61-47-9-5-41(51(39-47)95(83,84)91-65(11-23-69,12-24-70)13-25-71)1-2-42-6-10-48(40-52(42)96(85,86)92-66(14-26-72,15-27-73)16-28-74)62-64-56-54(36-44-4-8-46(60)38-50(44)58(56)82)98(89,90)94-68(20-32-78,21-33-79)22-34-80/h1-10,35-40,69-80H,11-34H2,(H4,59,60,63,64)/q+6/p+2. The molecule has 98 heavy (non-hydrogen) atoms. The predicted molar refractivity (Wildman–Crippen MR) is 346 cm³/mol. The van der Waals surface area contributed by atoms with E-state index >= 15 is 0 Å². The van der Waals surface area contributed by atoms with E-state index in [1.54, 1.807) is 0 Å². The molecule has 4 aromatic carbocycles. The summed E-state index contributed by atoms with van der Waals surface area (Å²) in [5.41, 5.74) is 8.95. The zero-order chi connectivity index (χ0) is 72.3. The van der Waals surface area contributed by atoms with E-state index in [2.05, 4.69) is 19.8 Å². The number of quaternary nitrogens is 4. The van der Waals surface area contributed by atoms with Gasteiger partial charge in [-0.3, -0.25) is 0 Å². The van der Waals surface area contributed by atoms with Crippen LogP contribution < -0.4 is 11.5 Å². The molecule has 40 heteroatoms. The maximum atomic E-state index is 14.9. The molecule has 4 aromatic rings. The van der Waals surface area contributed by atoms with Crippen molar-refractivity contribution in [3.8, 4) is 11.5 Å². The first-order valence-corrected chi connectivity index (χ1v) is 35.6. The van der Waals surface area contributed by atoms with Gasteiger partial charge < -0.3 is 83.0 Å². The van der Waals surface area contributed by atoms with Gasteiger partial charge in [-0.1, -0.05) is 29.3 Å². The number of fused-ring (bicyclic) bond motifs is 2. The van der Waals surface area contributed by atoms with E-state index < -0.39 is 271 Å². The lowest BCUT2D eigenvalue weighted by molar-refractivity contribution is -1.08. The van der Waals surface area contributed by atoms with Crippen LogP contribution in [0.4, 0.5) is 22.7 Å². The first kappa shape index (κ1) is 79.8. The van der Waals surface area contributed by atoms with Crippen molar-refractivity contribution in [1.29, 1.82) is 0 Å². The molecule has 0 atom stereocenters. The molecular formula is C58H82N10O26S4+8. The number of aliphatic hydroxyl groups excluding tert-OH is 12. The fourth-order valence-electron chi connectivity index (χ4n) is 10.5. The molecule has 0 heterocycles. The summed E-state index contributed by atoms with van der Waals surface area (Å²) in [6.07, 6.45) is 8.08. The fourth-order valence-corrected chi connectivity index (χ4v) is 16.1. The van der Waals surface area contributed by atoms with Crippen molar-refractivity contribution in [1.82, 2.24) is 0 Å². The third kappa shape index (κ3) is 19.4. The van der Waals surface area contributed by atoms with E-state index in [4.69, 9.17) is 28.6 Å². The lowest BCUT2D eigenvalue weighted by Gasteiger charge is -2.32. The van der Waals surface area contributed by atoms with Gasteiger partial charge in [-0.05, 0) is 53.2 Å². The first-order valence-electron chi connectivity index (χ1n) is 30.0. The number of aliphatic hydroxyl groups is 12. The largest absolute Gasteiger partial charge is 0.505 e. The van der Waals surface area contributed by atoms with Gasteiger partial charge in [0.05, 0.1) is 107 Å². The van der Waals surface area contributed by atoms with Gasteiger partial charge in [-0.2, -0.15) is 52.3 Å². The third-order valence-electron chi connectivity index (χ3n) is 15.3. The molecule has 0 unspecified atom stereocenters. The second-order valence-electron chi connectivity index (χ2n) is 22.0. The normalized spacial score (nSPS) is 14.9. The van der Waals surface area contributed by atoms with E-state index in [9.17, 15) is 105 Å². The number of nitrogens with zero attached hydrogens (tertiary/aromatic N) is 8. The molecule has 18 N–H and O–H groups in total. The van der Waals surface area contributed by atoms with Crippen molar-refractivity contribution in [3.05, 3.63) is 119 Å². The van der Waals surface area contributed by atoms with Crippen molar-refractivity contribution < 1.29 is 150 Å². The molecule has 0 bridgehead atoms. The minimum Gasteiger partial charge on any atom is -0.505 e. The Kier molecular flexibility index (Phi) is 28.3. The van der Waals surface area contributed by atoms with Gasteiger partial charge in [0, 0.05) is 34.3 Å². The highest BCUT2D eigenvalue weighted by Crippen LogP contribution is 2.44. The summed E-state index contributed by atoms with van der Waals surface area (Å²) >= 11 is 0. The smallest absolute Gasteiger partial charge is 0.487 e. The Hall–Kier alpha value is -7.20. The molecule has 36 nitrogen and oxygen atoms in total. The third-order valence-corrected chi connectivity index (χ3v) is 20.8. The van der Waals surface area contributed by atoms with Gasteiger partial charge in [0.2, 0.25) is 23.0 Å². The van der Waals surface area contributed by atoms with Crippen LogP contribution in [0.25, 0.3) is 21.5 Å². The minimum atomic E-state index is -5.32. The van der Waals surface area contributed by atoms with Crippen LogP contribution in [0.5, 0.6) is 11.5 Å². The summed E-state index contributed by atoms with van der Waals surface area (Å²) in [5.74, 6) is -1.70. The van der Waals surface area contributed by atoms with E-state index in [0.717, 1.165) is 61.4 Å². The van der Waals surface area contributed by atoms with Crippen LogP contribution >= 0.6 is 0 Å². The van der Waals surface area contributed by atoms with Gasteiger partial charge in [0.15, 0.2) is 22.8 Å². The molecule has 0 amide bonds. The van der Waals surface area contributed by atoms with Crippen LogP contribution in [0.1, 0.15) is 0 Å². The Morgan fingerprint density at radius 2 is 0.786 bits per heavy atom. The topological polar surface area (TPSA) is 562 Å². The van der Waals surface area contributed by atoms with Crippen LogP contribution in [0.2, 0.25) is 0 Å². The molecule has 0 saturated carbocycles. The highest BCUT2D eigenvalue weighted by Gasteiger charge is 2.50. The van der Waals surface area contributed by atoms with Crippen LogP contribution in [0.15, 0.2) is 126 Å². The van der Waals surface area contributed by atoms with Gasteiger partial charge in [0.25, 0.3) is 4.91 Å². The maximum Gasteiger partial charge on any atom is 0.487 e. The summed E-state index contributed by atoms with van der Waals surface area (Å²) in [5, 5.41) is 152. The Balaban J connectivity index is 1.61. The molecule has 6 rings (SSSR count). The number of hydrogen-bond donors (Lipinski definition) is 16. The van der Waals surface area contributed by atoms with Gasteiger partial charge in [-0.25, -0.2) is 0 Å². The van der Waals surface area contributed by atoms with Crippen LogP contribution in [0, 0.1) is 12.8 Å². The maximum absolute atomic E-state index is 14.9. The van der Waals surface area contributed by atoms with Crippen molar-refractivity contribution in [2.75, 3.05) is 169 Å². The Morgan fingerprint density at radius 3 is 1.14 bits per heavy atom. The second-order valence-corrected chi connectivity index (χ2v) is 28.0.